The molecule has 1 fully saturated rings. The van der Waals surface area contributed by atoms with Crippen molar-refractivity contribution < 1.29 is 14.3 Å². The van der Waals surface area contributed by atoms with Gasteiger partial charge in [0.25, 0.3) is 0 Å². The Balaban J connectivity index is 1.75. The molecule has 0 N–H and O–H groups in total. The van der Waals surface area contributed by atoms with Crippen molar-refractivity contribution in [2.75, 3.05) is 26.2 Å². The second-order valence-electron chi connectivity index (χ2n) is 7.18. The summed E-state index contributed by atoms with van der Waals surface area (Å²) in [7, 11) is 0. The summed E-state index contributed by atoms with van der Waals surface area (Å²) in [5, 5.41) is 0. The molecule has 148 valence electrons. The zero-order chi connectivity index (χ0) is 19.8. The summed E-state index contributed by atoms with van der Waals surface area (Å²) < 4.78 is 5.48. The maximum atomic E-state index is 12.7. The number of benzene rings is 2. The number of carbonyl (C=O) groups is 2. The molecule has 1 atom stereocenters. The van der Waals surface area contributed by atoms with Gasteiger partial charge in [0.1, 0.15) is 6.29 Å². The van der Waals surface area contributed by atoms with Crippen molar-refractivity contribution in [3.05, 3.63) is 71.3 Å². The third-order valence-electron chi connectivity index (χ3n) is 5.13. The van der Waals surface area contributed by atoms with Crippen LogP contribution in [0.2, 0.25) is 0 Å². The van der Waals surface area contributed by atoms with Gasteiger partial charge in [-0.05, 0) is 17.5 Å². The average molecular weight is 380 g/mol. The lowest BCUT2D eigenvalue weighted by atomic mass is 10.0. The number of rotatable bonds is 7. The highest BCUT2D eigenvalue weighted by molar-refractivity contribution is 5.74. The van der Waals surface area contributed by atoms with Crippen LogP contribution in [-0.4, -0.2) is 48.4 Å². The number of aldehydes is 1. The zero-order valence-electron chi connectivity index (χ0n) is 16.4. The van der Waals surface area contributed by atoms with Crippen LogP contribution in [0.4, 0.5) is 4.79 Å². The molecule has 1 unspecified atom stereocenters. The summed E-state index contributed by atoms with van der Waals surface area (Å²) >= 11 is 0. The van der Waals surface area contributed by atoms with Gasteiger partial charge in [0, 0.05) is 31.7 Å². The number of carbonyl (C=O) groups excluding carboxylic acids is 2. The Morgan fingerprint density at radius 2 is 1.86 bits per heavy atom. The topological polar surface area (TPSA) is 49.9 Å². The standard InChI is InChI=1S/C23H28N2O3/c1-2-3-15-28-23(27)25-14-13-24(16-19-7-5-4-6-8-19)17-22(25)21-11-9-20(18-26)10-12-21/h4-12,18,22H,2-3,13-17H2,1H3. The predicted octanol–water partition coefficient (Wildman–Crippen LogP) is 4.29. The van der Waals surface area contributed by atoms with E-state index in [0.717, 1.165) is 44.3 Å². The highest BCUT2D eigenvalue weighted by atomic mass is 16.6. The summed E-state index contributed by atoms with van der Waals surface area (Å²) in [5.74, 6) is 0. The van der Waals surface area contributed by atoms with E-state index in [1.165, 1.54) is 5.56 Å². The maximum absolute atomic E-state index is 12.7. The van der Waals surface area contributed by atoms with Gasteiger partial charge in [-0.15, -0.1) is 0 Å². The quantitative estimate of drug-likeness (QED) is 0.531. The van der Waals surface area contributed by atoms with Crippen molar-refractivity contribution in [2.45, 2.75) is 32.4 Å². The molecule has 3 rings (SSSR count). The van der Waals surface area contributed by atoms with Gasteiger partial charge in [0.2, 0.25) is 0 Å². The van der Waals surface area contributed by atoms with Crippen LogP contribution in [-0.2, 0) is 11.3 Å². The molecule has 0 spiro atoms. The van der Waals surface area contributed by atoms with E-state index in [4.69, 9.17) is 4.74 Å². The predicted molar refractivity (Wildman–Crippen MR) is 109 cm³/mol. The number of nitrogens with zero attached hydrogens (tertiary/aromatic N) is 2. The molecule has 1 aliphatic rings. The summed E-state index contributed by atoms with van der Waals surface area (Å²) in [6, 6.07) is 17.8. The smallest absolute Gasteiger partial charge is 0.410 e. The van der Waals surface area contributed by atoms with Gasteiger partial charge in [0.05, 0.1) is 12.6 Å². The van der Waals surface area contributed by atoms with Crippen molar-refractivity contribution >= 4 is 12.4 Å². The van der Waals surface area contributed by atoms with E-state index in [1.54, 1.807) is 12.1 Å². The van der Waals surface area contributed by atoms with E-state index in [2.05, 4.69) is 24.0 Å². The number of hydrogen-bond acceptors (Lipinski definition) is 4. The lowest BCUT2D eigenvalue weighted by Gasteiger charge is -2.41. The fourth-order valence-corrected chi connectivity index (χ4v) is 3.51. The van der Waals surface area contributed by atoms with Gasteiger partial charge in [0.15, 0.2) is 0 Å². The molecule has 28 heavy (non-hydrogen) atoms. The number of unbranched alkanes of at least 4 members (excludes halogenated alkanes) is 1. The van der Waals surface area contributed by atoms with Gasteiger partial charge in [-0.25, -0.2) is 4.79 Å². The first-order chi connectivity index (χ1) is 13.7. The van der Waals surface area contributed by atoms with Gasteiger partial charge in [-0.1, -0.05) is 67.9 Å². The van der Waals surface area contributed by atoms with Crippen LogP contribution >= 0.6 is 0 Å². The van der Waals surface area contributed by atoms with Crippen LogP contribution < -0.4 is 0 Å². The first-order valence-corrected chi connectivity index (χ1v) is 9.96. The molecule has 0 aliphatic carbocycles. The second-order valence-corrected chi connectivity index (χ2v) is 7.18. The minimum atomic E-state index is -0.253. The largest absolute Gasteiger partial charge is 0.449 e. The van der Waals surface area contributed by atoms with Crippen LogP contribution in [0.25, 0.3) is 0 Å². The molecule has 2 aromatic rings. The molecule has 5 heteroatoms. The number of piperazine rings is 1. The lowest BCUT2D eigenvalue weighted by Crippen LogP contribution is -2.50. The first-order valence-electron chi connectivity index (χ1n) is 9.96. The van der Waals surface area contributed by atoms with E-state index in [-0.39, 0.29) is 12.1 Å². The molecule has 1 aliphatic heterocycles. The van der Waals surface area contributed by atoms with E-state index in [9.17, 15) is 9.59 Å². The van der Waals surface area contributed by atoms with Crippen molar-refractivity contribution in [3.63, 3.8) is 0 Å². The number of hydrogen-bond donors (Lipinski definition) is 0. The summed E-state index contributed by atoms with van der Waals surface area (Å²) in [5.41, 5.74) is 2.92. The maximum Gasteiger partial charge on any atom is 0.410 e. The van der Waals surface area contributed by atoms with Gasteiger partial charge < -0.3 is 4.74 Å². The Kier molecular flexibility index (Phi) is 7.20. The third-order valence-corrected chi connectivity index (χ3v) is 5.13. The minimum Gasteiger partial charge on any atom is -0.449 e. The Morgan fingerprint density at radius 3 is 2.54 bits per heavy atom. The van der Waals surface area contributed by atoms with Crippen molar-refractivity contribution in [1.29, 1.82) is 0 Å². The second kappa shape index (κ2) is 10.0. The number of ether oxygens (including phenoxy) is 1. The Labute approximate surface area is 166 Å². The highest BCUT2D eigenvalue weighted by Gasteiger charge is 2.32. The van der Waals surface area contributed by atoms with Crippen molar-refractivity contribution in [1.82, 2.24) is 9.80 Å². The summed E-state index contributed by atoms with van der Waals surface area (Å²) in [6.07, 6.45) is 2.45. The van der Waals surface area contributed by atoms with Crippen LogP contribution in [0, 0.1) is 0 Å². The molecule has 5 nitrogen and oxygen atoms in total. The van der Waals surface area contributed by atoms with Crippen LogP contribution in [0.5, 0.6) is 0 Å². The van der Waals surface area contributed by atoms with Gasteiger partial charge >= 0.3 is 6.09 Å². The Morgan fingerprint density at radius 1 is 1.11 bits per heavy atom. The first kappa shape index (κ1) is 20.1. The SMILES string of the molecule is CCCCOC(=O)N1CCN(Cc2ccccc2)CC1c1ccc(C=O)cc1. The zero-order valence-corrected chi connectivity index (χ0v) is 16.4. The molecule has 0 radical (unpaired) electrons. The minimum absolute atomic E-state index is 0.0905. The van der Waals surface area contributed by atoms with Gasteiger partial charge in [-0.3, -0.25) is 14.6 Å². The molecule has 0 bridgehead atoms. The number of amides is 1. The van der Waals surface area contributed by atoms with Crippen LogP contribution in [0.15, 0.2) is 54.6 Å². The average Bonchev–Trinajstić information content (AvgIpc) is 2.74. The Hall–Kier alpha value is -2.66. The lowest BCUT2D eigenvalue weighted by molar-refractivity contribution is 0.0430. The van der Waals surface area contributed by atoms with E-state index < -0.39 is 0 Å². The van der Waals surface area contributed by atoms with E-state index in [0.29, 0.717) is 18.7 Å². The van der Waals surface area contributed by atoms with E-state index in [1.807, 2.05) is 35.2 Å². The molecule has 1 saturated heterocycles. The summed E-state index contributed by atoms with van der Waals surface area (Å²) in [4.78, 5) is 27.8. The van der Waals surface area contributed by atoms with Crippen molar-refractivity contribution in [3.8, 4) is 0 Å². The van der Waals surface area contributed by atoms with Crippen molar-refractivity contribution in [2.24, 2.45) is 0 Å². The third kappa shape index (κ3) is 5.20. The van der Waals surface area contributed by atoms with Crippen LogP contribution in [0.1, 0.15) is 47.3 Å². The van der Waals surface area contributed by atoms with E-state index >= 15 is 0 Å². The normalized spacial score (nSPS) is 17.3. The monoisotopic (exact) mass is 380 g/mol. The molecule has 2 aromatic carbocycles. The molecular weight excluding hydrogens is 352 g/mol. The van der Waals surface area contributed by atoms with Crippen LogP contribution in [0.3, 0.4) is 0 Å². The Bertz CT molecular complexity index is 761. The molecular formula is C23H28N2O3. The fourth-order valence-electron chi connectivity index (χ4n) is 3.51. The summed E-state index contributed by atoms with van der Waals surface area (Å²) in [6.45, 7) is 5.54. The molecule has 0 aromatic heterocycles. The molecule has 0 saturated carbocycles. The highest BCUT2D eigenvalue weighted by Crippen LogP contribution is 2.27. The molecule has 1 heterocycles. The van der Waals surface area contributed by atoms with Gasteiger partial charge in [-0.2, -0.15) is 0 Å². The molecule has 1 amide bonds. The fraction of sp³-hybridized carbons (Fsp3) is 0.391.